The Morgan fingerprint density at radius 1 is 0.778 bits per heavy atom. The molecule has 0 aliphatic heterocycles. The van der Waals surface area contributed by atoms with Crippen LogP contribution < -0.4 is 4.74 Å². The number of benzene rings is 3. The predicted molar refractivity (Wildman–Crippen MR) is 109 cm³/mol. The van der Waals surface area contributed by atoms with Crippen molar-refractivity contribution in [1.82, 2.24) is 0 Å². The lowest BCUT2D eigenvalue weighted by molar-refractivity contribution is -0.120. The van der Waals surface area contributed by atoms with Crippen LogP contribution >= 0.6 is 0 Å². The molecule has 4 rings (SSSR count). The molecule has 3 aromatic carbocycles. The summed E-state index contributed by atoms with van der Waals surface area (Å²) in [4.78, 5) is 13.4. The van der Waals surface area contributed by atoms with Crippen molar-refractivity contribution in [3.05, 3.63) is 107 Å². The number of hydrogen-bond acceptors (Lipinski definition) is 2. The zero-order valence-corrected chi connectivity index (χ0v) is 15.4. The van der Waals surface area contributed by atoms with Crippen molar-refractivity contribution in [3.8, 4) is 5.75 Å². The number of hydrogen-bond donors (Lipinski definition) is 0. The fraction of sp³-hybridized carbons (Fsp3) is 0.160. The summed E-state index contributed by atoms with van der Waals surface area (Å²) in [6.45, 7) is 0. The molecule has 0 atom stereocenters. The number of fused-ring (bicyclic) bond motifs is 1. The Bertz CT molecular complexity index is 930. The molecule has 0 heterocycles. The Morgan fingerprint density at radius 2 is 1.37 bits per heavy atom. The van der Waals surface area contributed by atoms with Crippen molar-refractivity contribution < 1.29 is 9.53 Å². The van der Waals surface area contributed by atoms with Crippen molar-refractivity contribution in [2.24, 2.45) is 0 Å². The van der Waals surface area contributed by atoms with Gasteiger partial charge in [-0.2, -0.15) is 0 Å². The lowest BCUT2D eigenvalue weighted by Gasteiger charge is -2.36. The van der Waals surface area contributed by atoms with Gasteiger partial charge in [0.05, 0.1) is 12.5 Å². The van der Waals surface area contributed by atoms with Gasteiger partial charge in [-0.15, -0.1) is 0 Å². The SMILES string of the molecule is COc1ccc2c(c1)C(Cc1ccccc1)(Cc1ccccc1)C(=O)C=C2. The molecule has 27 heavy (non-hydrogen) atoms. The van der Waals surface area contributed by atoms with Gasteiger partial charge in [0.1, 0.15) is 5.75 Å². The second kappa shape index (κ2) is 7.24. The van der Waals surface area contributed by atoms with Gasteiger partial charge in [-0.25, -0.2) is 0 Å². The van der Waals surface area contributed by atoms with Crippen molar-refractivity contribution >= 4 is 11.9 Å². The topological polar surface area (TPSA) is 26.3 Å². The van der Waals surface area contributed by atoms with E-state index in [0.29, 0.717) is 12.8 Å². The second-order valence-electron chi connectivity index (χ2n) is 7.06. The van der Waals surface area contributed by atoms with E-state index in [4.69, 9.17) is 4.74 Å². The van der Waals surface area contributed by atoms with Crippen LogP contribution in [-0.4, -0.2) is 12.9 Å². The van der Waals surface area contributed by atoms with Crippen LogP contribution in [-0.2, 0) is 23.1 Å². The molecule has 0 bridgehead atoms. The van der Waals surface area contributed by atoms with Gasteiger partial charge in [0.15, 0.2) is 5.78 Å². The molecule has 0 aromatic heterocycles. The Morgan fingerprint density at radius 3 is 1.93 bits per heavy atom. The van der Waals surface area contributed by atoms with E-state index in [1.54, 1.807) is 13.2 Å². The van der Waals surface area contributed by atoms with Crippen molar-refractivity contribution in [1.29, 1.82) is 0 Å². The molecule has 0 fully saturated rings. The maximum atomic E-state index is 13.4. The molecule has 0 amide bonds. The number of carbonyl (C=O) groups is 1. The minimum Gasteiger partial charge on any atom is -0.497 e. The summed E-state index contributed by atoms with van der Waals surface area (Å²) in [6, 6.07) is 26.5. The van der Waals surface area contributed by atoms with E-state index in [2.05, 4.69) is 24.3 Å². The third-order valence-electron chi connectivity index (χ3n) is 5.36. The quantitative estimate of drug-likeness (QED) is 0.643. The highest BCUT2D eigenvalue weighted by Gasteiger charge is 2.42. The molecule has 2 heteroatoms. The van der Waals surface area contributed by atoms with Gasteiger partial charge in [-0.1, -0.05) is 72.8 Å². The number of rotatable bonds is 5. The fourth-order valence-corrected chi connectivity index (χ4v) is 4.00. The molecule has 0 spiro atoms. The van der Waals surface area contributed by atoms with E-state index < -0.39 is 5.41 Å². The van der Waals surface area contributed by atoms with Gasteiger partial charge in [-0.3, -0.25) is 4.79 Å². The van der Waals surface area contributed by atoms with Gasteiger partial charge < -0.3 is 4.74 Å². The predicted octanol–water partition coefficient (Wildman–Crippen LogP) is 5.01. The van der Waals surface area contributed by atoms with Crippen LogP contribution in [0.25, 0.3) is 6.08 Å². The average Bonchev–Trinajstić information content (AvgIpc) is 2.72. The van der Waals surface area contributed by atoms with Gasteiger partial charge in [0.25, 0.3) is 0 Å². The first-order chi connectivity index (χ1) is 13.2. The number of ether oxygens (including phenoxy) is 1. The molecular weight excluding hydrogens is 332 g/mol. The lowest BCUT2D eigenvalue weighted by Crippen LogP contribution is -2.41. The minimum absolute atomic E-state index is 0.149. The van der Waals surface area contributed by atoms with Gasteiger partial charge >= 0.3 is 0 Å². The highest BCUT2D eigenvalue weighted by molar-refractivity contribution is 6.05. The Labute approximate surface area is 160 Å². The van der Waals surface area contributed by atoms with E-state index in [1.165, 1.54) is 0 Å². The normalized spacial score (nSPS) is 14.6. The van der Waals surface area contributed by atoms with Crippen LogP contribution in [0.5, 0.6) is 5.75 Å². The van der Waals surface area contributed by atoms with E-state index in [-0.39, 0.29) is 5.78 Å². The van der Waals surface area contributed by atoms with Crippen LogP contribution in [0.2, 0.25) is 0 Å². The van der Waals surface area contributed by atoms with Crippen molar-refractivity contribution in [2.45, 2.75) is 18.3 Å². The third-order valence-corrected chi connectivity index (χ3v) is 5.36. The van der Waals surface area contributed by atoms with Crippen LogP contribution in [0.15, 0.2) is 84.9 Å². The molecular formula is C25H22O2. The summed E-state index contributed by atoms with van der Waals surface area (Å²) >= 11 is 0. The number of ketones is 1. The van der Waals surface area contributed by atoms with E-state index >= 15 is 0 Å². The highest BCUT2D eigenvalue weighted by Crippen LogP contribution is 2.41. The van der Waals surface area contributed by atoms with Crippen LogP contribution in [0.3, 0.4) is 0 Å². The summed E-state index contributed by atoms with van der Waals surface area (Å²) in [7, 11) is 1.66. The maximum Gasteiger partial charge on any atom is 0.166 e. The summed E-state index contributed by atoms with van der Waals surface area (Å²) in [5, 5.41) is 0. The Hall–Kier alpha value is -3.13. The zero-order chi connectivity index (χ0) is 18.7. The molecule has 0 N–H and O–H groups in total. The van der Waals surface area contributed by atoms with Crippen LogP contribution in [0.1, 0.15) is 22.3 Å². The zero-order valence-electron chi connectivity index (χ0n) is 15.4. The van der Waals surface area contributed by atoms with Crippen LogP contribution in [0, 0.1) is 0 Å². The highest BCUT2D eigenvalue weighted by atomic mass is 16.5. The third kappa shape index (κ3) is 3.31. The first kappa shape index (κ1) is 17.3. The van der Waals surface area contributed by atoms with Crippen molar-refractivity contribution in [2.75, 3.05) is 7.11 Å². The smallest absolute Gasteiger partial charge is 0.166 e. The first-order valence-corrected chi connectivity index (χ1v) is 9.20. The van der Waals surface area contributed by atoms with Crippen molar-refractivity contribution in [3.63, 3.8) is 0 Å². The maximum absolute atomic E-state index is 13.4. The van der Waals surface area contributed by atoms with Crippen LogP contribution in [0.4, 0.5) is 0 Å². The standard InChI is InChI=1S/C25H22O2/c1-27-22-14-12-21-13-15-24(26)25(23(21)16-22,17-19-8-4-2-5-9-19)18-20-10-6-3-7-11-20/h2-16H,17-18H2,1H3. The second-order valence-corrected chi connectivity index (χ2v) is 7.06. The summed E-state index contributed by atoms with van der Waals surface area (Å²) in [5.41, 5.74) is 3.81. The van der Waals surface area contributed by atoms with E-state index in [9.17, 15) is 4.79 Å². The van der Waals surface area contributed by atoms with Gasteiger partial charge in [-0.05, 0) is 53.3 Å². The Balaban J connectivity index is 1.89. The monoisotopic (exact) mass is 354 g/mol. The molecule has 0 saturated heterocycles. The average molecular weight is 354 g/mol. The molecule has 1 aliphatic carbocycles. The van der Waals surface area contributed by atoms with E-state index in [1.807, 2.05) is 60.7 Å². The Kier molecular flexibility index (Phi) is 4.64. The summed E-state index contributed by atoms with van der Waals surface area (Å²) in [6.07, 6.45) is 4.98. The first-order valence-electron chi connectivity index (χ1n) is 9.20. The molecule has 3 aromatic rings. The fourth-order valence-electron chi connectivity index (χ4n) is 4.00. The molecule has 0 saturated carbocycles. The summed E-state index contributed by atoms with van der Waals surface area (Å²) < 4.78 is 5.47. The number of carbonyl (C=O) groups excluding carboxylic acids is 1. The number of allylic oxidation sites excluding steroid dienone is 1. The molecule has 2 nitrogen and oxygen atoms in total. The van der Waals surface area contributed by atoms with Gasteiger partial charge in [0, 0.05) is 0 Å². The number of methoxy groups -OCH3 is 1. The lowest BCUT2D eigenvalue weighted by atomic mass is 9.65. The summed E-state index contributed by atoms with van der Waals surface area (Å²) in [5.74, 6) is 0.929. The molecule has 0 unspecified atom stereocenters. The molecule has 0 radical (unpaired) electrons. The molecule has 134 valence electrons. The van der Waals surface area contributed by atoms with Gasteiger partial charge in [0.2, 0.25) is 0 Å². The molecule has 1 aliphatic rings. The largest absolute Gasteiger partial charge is 0.497 e. The minimum atomic E-state index is -0.638. The van der Waals surface area contributed by atoms with E-state index in [0.717, 1.165) is 28.0 Å².